The van der Waals surface area contributed by atoms with E-state index in [1.165, 1.54) is 40.4 Å². The van der Waals surface area contributed by atoms with Crippen LogP contribution in [0.5, 0.6) is 17.2 Å². The number of ether oxygens (including phenoxy) is 2. The van der Waals surface area contributed by atoms with Crippen molar-refractivity contribution in [2.24, 2.45) is 17.8 Å². The molecule has 2 aromatic rings. The van der Waals surface area contributed by atoms with E-state index in [2.05, 4.69) is 4.98 Å². The van der Waals surface area contributed by atoms with Gasteiger partial charge < -0.3 is 14.6 Å². The molecular formula is C30H26Cl3F3N4O7. The summed E-state index contributed by atoms with van der Waals surface area (Å²) in [7, 11) is 5.04. The molecule has 6 atom stereocenters. The van der Waals surface area contributed by atoms with Crippen molar-refractivity contribution < 1.29 is 46.9 Å². The van der Waals surface area contributed by atoms with Crippen LogP contribution >= 0.6 is 34.8 Å². The van der Waals surface area contributed by atoms with Crippen molar-refractivity contribution >= 4 is 64.2 Å². The quantitative estimate of drug-likeness (QED) is 0.270. The number of phenols is 1. The normalized spacial score (nSPS) is 30.2. The molecule has 250 valence electrons. The number of fused-ring (bicyclic) bond motifs is 4. The van der Waals surface area contributed by atoms with E-state index in [0.717, 1.165) is 16.0 Å². The summed E-state index contributed by atoms with van der Waals surface area (Å²) in [5.41, 5.74) is -0.714. The smallest absolute Gasteiger partial charge is 0.433 e. The lowest BCUT2D eigenvalue weighted by Gasteiger charge is -2.51. The van der Waals surface area contributed by atoms with Gasteiger partial charge in [-0.05, 0) is 30.9 Å². The highest BCUT2D eigenvalue weighted by Gasteiger charge is 2.76. The number of hydrazine groups is 1. The predicted octanol–water partition coefficient (Wildman–Crippen LogP) is 4.52. The minimum atomic E-state index is -4.83. The van der Waals surface area contributed by atoms with Crippen molar-refractivity contribution in [1.29, 1.82) is 0 Å². The number of hydrogen-bond acceptors (Lipinski definition) is 9. The van der Waals surface area contributed by atoms with Gasteiger partial charge in [-0.15, -0.1) is 23.2 Å². The molecule has 2 aliphatic heterocycles. The molecule has 3 fully saturated rings. The summed E-state index contributed by atoms with van der Waals surface area (Å²) in [5.74, 6) is -8.22. The molecule has 17 heteroatoms. The second-order valence-corrected chi connectivity index (χ2v) is 13.4. The third-order valence-corrected chi connectivity index (χ3v) is 11.2. The SMILES string of the molecule is COc1cc(O)cc(OC)c1[C@H]1C2=CC[C@@H]3C(=O)N(N(C)c4nc(C(F)(F)F)ccc4Cl)C(=O)[C@@H]3[C@@H]2C[C@@]2(Cl)C(=O)N(C)C(=O)[C@@]12Cl. The van der Waals surface area contributed by atoms with Crippen LogP contribution in [0.4, 0.5) is 19.0 Å². The number of benzene rings is 1. The van der Waals surface area contributed by atoms with Crippen LogP contribution in [-0.2, 0) is 25.4 Å². The summed E-state index contributed by atoms with van der Waals surface area (Å²) < 4.78 is 51.6. The van der Waals surface area contributed by atoms with Gasteiger partial charge in [0.05, 0.1) is 31.1 Å². The maximum absolute atomic E-state index is 14.3. The molecule has 47 heavy (non-hydrogen) atoms. The van der Waals surface area contributed by atoms with E-state index in [4.69, 9.17) is 44.3 Å². The largest absolute Gasteiger partial charge is 0.508 e. The van der Waals surface area contributed by atoms with Crippen molar-refractivity contribution in [3.8, 4) is 17.2 Å². The summed E-state index contributed by atoms with van der Waals surface area (Å²) >= 11 is 20.6. The maximum atomic E-state index is 14.3. The van der Waals surface area contributed by atoms with E-state index in [0.29, 0.717) is 16.6 Å². The van der Waals surface area contributed by atoms with Crippen molar-refractivity contribution in [3.05, 3.63) is 52.2 Å². The average Bonchev–Trinajstić information content (AvgIpc) is 3.35. The number of anilines is 1. The highest BCUT2D eigenvalue weighted by molar-refractivity contribution is 6.53. The van der Waals surface area contributed by atoms with Gasteiger partial charge in [-0.2, -0.15) is 18.2 Å². The lowest BCUT2D eigenvalue weighted by molar-refractivity contribution is -0.141. The highest BCUT2D eigenvalue weighted by Crippen LogP contribution is 2.67. The number of imide groups is 2. The first-order valence-corrected chi connectivity index (χ1v) is 15.3. The van der Waals surface area contributed by atoms with E-state index in [-0.39, 0.29) is 40.7 Å². The van der Waals surface area contributed by atoms with Gasteiger partial charge >= 0.3 is 6.18 Å². The van der Waals surface area contributed by atoms with Crippen LogP contribution in [-0.4, -0.2) is 81.7 Å². The van der Waals surface area contributed by atoms with Gasteiger partial charge in [0, 0.05) is 37.7 Å². The first-order valence-electron chi connectivity index (χ1n) is 14.1. The van der Waals surface area contributed by atoms with E-state index < -0.39 is 74.7 Å². The summed E-state index contributed by atoms with van der Waals surface area (Å²) in [5, 5.41) is 11.7. The number of methoxy groups -OCH3 is 2. The number of aromatic nitrogens is 1. The number of phenolic OH excluding ortho intramolecular Hbond substituents is 1. The van der Waals surface area contributed by atoms with Crippen molar-refractivity contribution in [2.75, 3.05) is 33.3 Å². The zero-order valence-electron chi connectivity index (χ0n) is 25.1. The fraction of sp³-hybridized carbons (Fsp3) is 0.433. The number of aromatic hydroxyl groups is 1. The van der Waals surface area contributed by atoms with E-state index in [1.54, 1.807) is 6.08 Å². The zero-order chi connectivity index (χ0) is 34.5. The Bertz CT molecular complexity index is 1770. The molecule has 1 aromatic carbocycles. The van der Waals surface area contributed by atoms with Gasteiger partial charge in [0.15, 0.2) is 15.6 Å². The Labute approximate surface area is 280 Å². The molecule has 2 saturated heterocycles. The van der Waals surface area contributed by atoms with Crippen molar-refractivity contribution in [1.82, 2.24) is 14.9 Å². The van der Waals surface area contributed by atoms with Crippen LogP contribution in [0, 0.1) is 17.8 Å². The second kappa shape index (κ2) is 10.9. The molecule has 0 unspecified atom stereocenters. The maximum Gasteiger partial charge on any atom is 0.433 e. The number of carbonyl (C=O) groups is 4. The third-order valence-electron chi connectivity index (χ3n) is 9.53. The Morgan fingerprint density at radius 3 is 2.21 bits per heavy atom. The Balaban J connectivity index is 1.51. The highest BCUT2D eigenvalue weighted by atomic mass is 35.5. The Kier molecular flexibility index (Phi) is 7.68. The predicted molar refractivity (Wildman–Crippen MR) is 161 cm³/mol. The Morgan fingerprint density at radius 2 is 1.64 bits per heavy atom. The molecule has 2 aliphatic carbocycles. The van der Waals surface area contributed by atoms with Crippen molar-refractivity contribution in [2.45, 2.75) is 34.7 Å². The molecule has 1 N–H and O–H groups in total. The number of rotatable bonds is 5. The number of hydrogen-bond donors (Lipinski definition) is 1. The number of allylic oxidation sites excluding steroid dienone is 2. The number of pyridine rings is 1. The fourth-order valence-corrected chi connectivity index (χ4v) is 8.69. The number of carbonyl (C=O) groups excluding carboxylic acids is 4. The van der Waals surface area contributed by atoms with Crippen LogP contribution < -0.4 is 14.5 Å². The molecule has 4 amide bonds. The lowest BCUT2D eigenvalue weighted by Crippen LogP contribution is -2.60. The number of halogens is 6. The van der Waals surface area contributed by atoms with E-state index >= 15 is 0 Å². The summed E-state index contributed by atoms with van der Waals surface area (Å²) in [6.07, 6.45) is -3.55. The zero-order valence-corrected chi connectivity index (χ0v) is 27.3. The van der Waals surface area contributed by atoms with Crippen LogP contribution in [0.2, 0.25) is 5.02 Å². The first kappa shape index (κ1) is 33.2. The van der Waals surface area contributed by atoms with Crippen LogP contribution in [0.15, 0.2) is 35.9 Å². The van der Waals surface area contributed by atoms with Gasteiger partial charge in [0.2, 0.25) is 0 Å². The van der Waals surface area contributed by atoms with Crippen molar-refractivity contribution in [3.63, 3.8) is 0 Å². The van der Waals surface area contributed by atoms with Crippen LogP contribution in [0.25, 0.3) is 0 Å². The van der Waals surface area contributed by atoms with E-state index in [9.17, 15) is 37.5 Å². The average molecular weight is 718 g/mol. The van der Waals surface area contributed by atoms with Gasteiger partial charge in [0.1, 0.15) is 22.9 Å². The molecule has 0 bridgehead atoms. The lowest BCUT2D eigenvalue weighted by atomic mass is 9.56. The Morgan fingerprint density at radius 1 is 1.02 bits per heavy atom. The Hall–Kier alpha value is -3.75. The number of amides is 4. The molecule has 3 heterocycles. The number of nitrogens with zero attached hydrogens (tertiary/aromatic N) is 4. The first-order chi connectivity index (χ1) is 21.9. The van der Waals surface area contributed by atoms with Gasteiger partial charge in [-0.1, -0.05) is 23.3 Å². The molecule has 0 spiro atoms. The second-order valence-electron chi connectivity index (χ2n) is 11.8. The topological polar surface area (TPSA) is 130 Å². The summed E-state index contributed by atoms with van der Waals surface area (Å²) in [6, 6.07) is 4.16. The van der Waals surface area contributed by atoms with Gasteiger partial charge in [-0.25, -0.2) is 4.98 Å². The minimum absolute atomic E-state index is 0.0331. The summed E-state index contributed by atoms with van der Waals surface area (Å²) in [6.45, 7) is 0. The molecule has 0 radical (unpaired) electrons. The number of alkyl halides is 5. The van der Waals surface area contributed by atoms with Gasteiger partial charge in [0.25, 0.3) is 23.6 Å². The minimum Gasteiger partial charge on any atom is -0.508 e. The standard InChI is InChI=1S/C30H26Cl3F3N4O7/c1-38-26(44)28(32)11-15-13(22(29(28,33)27(38)45)21-17(46-3)9-12(41)10-18(21)47-4)5-6-14-20(15)25(43)40(24(14)42)39(2)23-16(31)7-8-19(37-23)30(34,35)36/h5,7-10,14-15,20,22,41H,6,11H2,1-4H3/t14-,15+,20-,22+,28+,29-/m0/s1. The fourth-order valence-electron chi connectivity index (χ4n) is 7.46. The van der Waals surface area contributed by atoms with Gasteiger partial charge in [-0.3, -0.25) is 29.1 Å². The van der Waals surface area contributed by atoms with Crippen LogP contribution in [0.3, 0.4) is 0 Å². The molecule has 1 saturated carbocycles. The number of likely N-dealkylation sites (tertiary alicyclic amines) is 1. The summed E-state index contributed by atoms with van der Waals surface area (Å²) in [4.78, 5) is 55.8. The molecule has 6 rings (SSSR count). The van der Waals surface area contributed by atoms with Crippen LogP contribution in [0.1, 0.15) is 30.0 Å². The monoisotopic (exact) mass is 716 g/mol. The molecule has 4 aliphatic rings. The molecule has 1 aromatic heterocycles. The molecule has 11 nitrogen and oxygen atoms in total. The third kappa shape index (κ3) is 4.43. The molecular weight excluding hydrogens is 692 g/mol. The van der Waals surface area contributed by atoms with E-state index in [1.807, 2.05) is 0 Å².